The van der Waals surface area contributed by atoms with Gasteiger partial charge in [-0.05, 0) is 44.0 Å². The zero-order valence-electron chi connectivity index (χ0n) is 14.6. The maximum atomic E-state index is 4.71. The smallest absolute Gasteiger partial charge is 0.191 e. The fourth-order valence-electron chi connectivity index (χ4n) is 2.44. The van der Waals surface area contributed by atoms with Crippen LogP contribution in [0.3, 0.4) is 0 Å². The van der Waals surface area contributed by atoms with Crippen LogP contribution < -0.4 is 10.6 Å². The molecular formula is C18H31IN4. The van der Waals surface area contributed by atoms with E-state index in [-0.39, 0.29) is 24.0 Å². The van der Waals surface area contributed by atoms with E-state index in [1.807, 2.05) is 0 Å². The summed E-state index contributed by atoms with van der Waals surface area (Å²) in [5.41, 5.74) is 2.65. The summed E-state index contributed by atoms with van der Waals surface area (Å²) in [6, 6.07) is 9.43. The molecule has 0 radical (unpaired) electrons. The van der Waals surface area contributed by atoms with Crippen LogP contribution in [0.25, 0.3) is 0 Å². The highest BCUT2D eigenvalue weighted by atomic mass is 127. The molecule has 0 aromatic heterocycles. The first kappa shape index (κ1) is 20.2. The van der Waals surface area contributed by atoms with Gasteiger partial charge >= 0.3 is 0 Å². The summed E-state index contributed by atoms with van der Waals surface area (Å²) in [6.45, 7) is 11.4. The Morgan fingerprint density at radius 2 is 1.87 bits per heavy atom. The van der Waals surface area contributed by atoms with Crippen LogP contribution in [0, 0.1) is 0 Å². The van der Waals surface area contributed by atoms with E-state index in [2.05, 4.69) is 60.6 Å². The summed E-state index contributed by atoms with van der Waals surface area (Å²) in [7, 11) is 0. The van der Waals surface area contributed by atoms with Crippen LogP contribution in [0.1, 0.15) is 44.7 Å². The number of rotatable bonds is 8. The molecular weight excluding hydrogens is 399 g/mol. The van der Waals surface area contributed by atoms with Gasteiger partial charge in [-0.2, -0.15) is 0 Å². The number of nitrogens with one attached hydrogen (secondary N) is 2. The monoisotopic (exact) mass is 430 g/mol. The first-order valence-electron chi connectivity index (χ1n) is 8.60. The first-order chi connectivity index (χ1) is 10.7. The number of guanidine groups is 1. The predicted molar refractivity (Wildman–Crippen MR) is 109 cm³/mol. The molecule has 1 aromatic rings. The summed E-state index contributed by atoms with van der Waals surface area (Å²) in [5.74, 6) is 0.944. The van der Waals surface area contributed by atoms with Crippen LogP contribution in [0.4, 0.5) is 0 Å². The summed E-state index contributed by atoms with van der Waals surface area (Å²) < 4.78 is 0. The van der Waals surface area contributed by atoms with Crippen molar-refractivity contribution in [2.24, 2.45) is 4.99 Å². The molecule has 0 spiro atoms. The van der Waals surface area contributed by atoms with Crippen molar-refractivity contribution in [1.82, 2.24) is 15.5 Å². The van der Waals surface area contributed by atoms with Crippen molar-refractivity contribution in [3.8, 4) is 0 Å². The highest BCUT2D eigenvalue weighted by Gasteiger charge is 2.21. The predicted octanol–water partition coefficient (Wildman–Crippen LogP) is 3.36. The largest absolute Gasteiger partial charge is 0.357 e. The minimum absolute atomic E-state index is 0. The zero-order chi connectivity index (χ0) is 15.8. The molecule has 1 saturated carbocycles. The van der Waals surface area contributed by atoms with Crippen molar-refractivity contribution in [3.63, 3.8) is 0 Å². The maximum Gasteiger partial charge on any atom is 0.191 e. The summed E-state index contributed by atoms with van der Waals surface area (Å²) in [5, 5.41) is 6.78. The zero-order valence-corrected chi connectivity index (χ0v) is 17.0. The Balaban J connectivity index is 0.00000264. The van der Waals surface area contributed by atoms with Crippen molar-refractivity contribution < 1.29 is 0 Å². The van der Waals surface area contributed by atoms with Crippen molar-refractivity contribution >= 4 is 29.9 Å². The van der Waals surface area contributed by atoms with Gasteiger partial charge in [-0.1, -0.05) is 38.1 Å². The molecule has 2 N–H and O–H groups in total. The van der Waals surface area contributed by atoms with Crippen molar-refractivity contribution in [2.75, 3.05) is 19.6 Å². The number of halogens is 1. The van der Waals surface area contributed by atoms with Crippen LogP contribution >= 0.6 is 24.0 Å². The van der Waals surface area contributed by atoms with E-state index in [1.54, 1.807) is 0 Å². The molecule has 0 heterocycles. The summed E-state index contributed by atoms with van der Waals surface area (Å²) >= 11 is 0. The van der Waals surface area contributed by atoms with E-state index in [4.69, 9.17) is 4.99 Å². The third-order valence-electron chi connectivity index (χ3n) is 3.97. The van der Waals surface area contributed by atoms with Gasteiger partial charge in [0.15, 0.2) is 5.96 Å². The fraction of sp³-hybridized carbons (Fsp3) is 0.611. The third-order valence-corrected chi connectivity index (χ3v) is 3.97. The van der Waals surface area contributed by atoms with Gasteiger partial charge in [-0.15, -0.1) is 24.0 Å². The van der Waals surface area contributed by atoms with Gasteiger partial charge in [-0.25, -0.2) is 4.99 Å². The lowest BCUT2D eigenvalue weighted by Gasteiger charge is -2.18. The van der Waals surface area contributed by atoms with E-state index < -0.39 is 0 Å². The van der Waals surface area contributed by atoms with Crippen molar-refractivity contribution in [2.45, 2.75) is 52.7 Å². The van der Waals surface area contributed by atoms with Crippen molar-refractivity contribution in [1.29, 1.82) is 0 Å². The lowest BCUT2D eigenvalue weighted by Crippen LogP contribution is -2.38. The van der Waals surface area contributed by atoms with Crippen LogP contribution in [0.2, 0.25) is 0 Å². The van der Waals surface area contributed by atoms with E-state index in [9.17, 15) is 0 Å². The van der Waals surface area contributed by atoms with Gasteiger partial charge in [0.2, 0.25) is 0 Å². The topological polar surface area (TPSA) is 39.7 Å². The molecule has 0 saturated heterocycles. The van der Waals surface area contributed by atoms with E-state index >= 15 is 0 Å². The molecule has 1 aliphatic rings. The first-order valence-corrected chi connectivity index (χ1v) is 8.60. The normalized spacial score (nSPS) is 14.5. The highest BCUT2D eigenvalue weighted by molar-refractivity contribution is 14.0. The number of benzene rings is 1. The average Bonchev–Trinajstić information content (AvgIpc) is 3.35. The molecule has 0 atom stereocenters. The van der Waals surface area contributed by atoms with E-state index in [0.29, 0.717) is 6.04 Å². The average molecular weight is 430 g/mol. The molecule has 23 heavy (non-hydrogen) atoms. The number of hydrogen-bond acceptors (Lipinski definition) is 2. The van der Waals surface area contributed by atoms with E-state index in [1.165, 1.54) is 24.0 Å². The van der Waals surface area contributed by atoms with Gasteiger partial charge in [0.05, 0.1) is 6.54 Å². The van der Waals surface area contributed by atoms with Gasteiger partial charge in [0.1, 0.15) is 0 Å². The second-order valence-electron chi connectivity index (χ2n) is 5.90. The summed E-state index contributed by atoms with van der Waals surface area (Å²) in [6.07, 6.45) is 2.54. The van der Waals surface area contributed by atoms with Crippen LogP contribution in [-0.4, -0.2) is 36.5 Å². The lowest BCUT2D eigenvalue weighted by atomic mass is 10.1. The molecule has 130 valence electrons. The van der Waals surface area contributed by atoms with Gasteiger partial charge in [-0.3, -0.25) is 4.90 Å². The Bertz CT molecular complexity index is 482. The Labute approximate surface area is 158 Å². The minimum Gasteiger partial charge on any atom is -0.357 e. The molecule has 5 heteroatoms. The SMILES string of the molecule is CCNC(=NCc1cccc(CN(CC)CC)c1)NC1CC1.I. The Morgan fingerprint density at radius 1 is 1.17 bits per heavy atom. The third kappa shape index (κ3) is 7.52. The number of hydrogen-bond donors (Lipinski definition) is 2. The van der Waals surface area contributed by atoms with Crippen molar-refractivity contribution in [3.05, 3.63) is 35.4 Å². The Kier molecular flexibility index (Phi) is 9.55. The minimum atomic E-state index is 0. The van der Waals surface area contributed by atoms with Crippen LogP contribution in [0.5, 0.6) is 0 Å². The molecule has 0 aliphatic heterocycles. The molecule has 1 aromatic carbocycles. The molecule has 4 nitrogen and oxygen atoms in total. The summed E-state index contributed by atoms with van der Waals surface area (Å²) in [4.78, 5) is 7.14. The quantitative estimate of drug-likeness (QED) is 0.378. The Morgan fingerprint density at radius 3 is 2.48 bits per heavy atom. The maximum absolute atomic E-state index is 4.71. The molecule has 0 unspecified atom stereocenters. The Hall–Kier alpha value is -0.820. The highest BCUT2D eigenvalue weighted by Crippen LogP contribution is 2.18. The van der Waals surface area contributed by atoms with Crippen LogP contribution in [0.15, 0.2) is 29.3 Å². The number of nitrogens with zero attached hydrogens (tertiary/aromatic N) is 2. The fourth-order valence-corrected chi connectivity index (χ4v) is 2.44. The lowest BCUT2D eigenvalue weighted by molar-refractivity contribution is 0.296. The standard InChI is InChI=1S/C18H30N4.HI/c1-4-19-18(21-17-10-11-17)20-13-15-8-7-9-16(12-15)14-22(5-2)6-3;/h7-9,12,17H,4-6,10-11,13-14H2,1-3H3,(H2,19,20,21);1H. The second-order valence-corrected chi connectivity index (χ2v) is 5.90. The molecule has 0 amide bonds. The number of aliphatic imine (C=N–C) groups is 1. The van der Waals surface area contributed by atoms with Gasteiger partial charge in [0.25, 0.3) is 0 Å². The molecule has 2 rings (SSSR count). The van der Waals surface area contributed by atoms with E-state index in [0.717, 1.165) is 38.7 Å². The van der Waals surface area contributed by atoms with Crippen LogP contribution in [-0.2, 0) is 13.1 Å². The second kappa shape index (κ2) is 10.9. The van der Waals surface area contributed by atoms with Gasteiger partial charge in [0, 0.05) is 19.1 Å². The molecule has 1 aliphatic carbocycles. The van der Waals surface area contributed by atoms with Gasteiger partial charge < -0.3 is 10.6 Å². The molecule has 0 bridgehead atoms. The molecule has 1 fully saturated rings.